The molecule has 0 atom stereocenters. The molecule has 1 aromatic carbocycles. The van der Waals surface area contributed by atoms with Crippen molar-refractivity contribution in [2.24, 2.45) is 0 Å². The molecule has 0 saturated heterocycles. The summed E-state index contributed by atoms with van der Waals surface area (Å²) in [5.41, 5.74) is 0.156. The van der Waals surface area contributed by atoms with Crippen LogP contribution in [0.1, 0.15) is 25.0 Å². The fraction of sp³-hybridized carbons (Fsp3) is 0.417. The highest BCUT2D eigenvalue weighted by molar-refractivity contribution is 5.53. The van der Waals surface area contributed by atoms with Gasteiger partial charge in [-0.2, -0.15) is 5.26 Å². The molecule has 0 radical (unpaired) electrons. The largest absolute Gasteiger partial charge is 0.490 e. The lowest BCUT2D eigenvalue weighted by atomic mass is 10.1. The molecule has 0 aliphatic carbocycles. The van der Waals surface area contributed by atoms with Gasteiger partial charge in [-0.3, -0.25) is 0 Å². The number of hydrogen-bond donors (Lipinski definition) is 0. The molecule has 4 nitrogen and oxygen atoms in total. The van der Waals surface area contributed by atoms with E-state index in [1.54, 1.807) is 19.9 Å². The summed E-state index contributed by atoms with van der Waals surface area (Å²) in [7, 11) is 0. The van der Waals surface area contributed by atoms with Crippen LogP contribution in [0.2, 0.25) is 0 Å². The standard InChI is InChI=1S/C12H14FNO3/c1-3-16-10-5-8(7-15)9(6-14)11(13)12(10)17-4-2/h5,15H,3-4,7H2,1-2H3/p+1. The first kappa shape index (κ1) is 13.3. The minimum atomic E-state index is -0.748. The van der Waals surface area contributed by atoms with Crippen LogP contribution in [0.3, 0.4) is 0 Å². The van der Waals surface area contributed by atoms with Gasteiger partial charge in [0.15, 0.2) is 23.9 Å². The van der Waals surface area contributed by atoms with E-state index in [0.29, 0.717) is 12.2 Å². The van der Waals surface area contributed by atoms with Crippen molar-refractivity contribution in [3.05, 3.63) is 23.0 Å². The van der Waals surface area contributed by atoms with Crippen LogP contribution in [0, 0.1) is 17.1 Å². The fourth-order valence-corrected chi connectivity index (χ4v) is 1.46. The molecule has 0 aliphatic heterocycles. The van der Waals surface area contributed by atoms with E-state index in [1.165, 1.54) is 6.07 Å². The highest BCUT2D eigenvalue weighted by Gasteiger charge is 2.20. The Kier molecular flexibility index (Phi) is 4.73. The number of rotatable bonds is 5. The number of benzene rings is 1. The molecule has 0 unspecified atom stereocenters. The van der Waals surface area contributed by atoms with Gasteiger partial charge in [-0.1, -0.05) is 0 Å². The zero-order chi connectivity index (χ0) is 12.8. The summed E-state index contributed by atoms with van der Waals surface area (Å²) in [6, 6.07) is 3.24. The third-order valence-corrected chi connectivity index (χ3v) is 2.16. The highest BCUT2D eigenvalue weighted by atomic mass is 19.1. The van der Waals surface area contributed by atoms with Crippen LogP contribution >= 0.6 is 0 Å². The highest BCUT2D eigenvalue weighted by Crippen LogP contribution is 2.35. The van der Waals surface area contributed by atoms with Crippen LogP contribution in [-0.4, -0.2) is 18.3 Å². The van der Waals surface area contributed by atoms with Crippen molar-refractivity contribution >= 4 is 0 Å². The zero-order valence-corrected chi connectivity index (χ0v) is 9.84. The minimum absolute atomic E-state index is 0.0527. The van der Waals surface area contributed by atoms with Crippen molar-refractivity contribution in [2.75, 3.05) is 13.2 Å². The SMILES string of the molecule is CCOc1cc(C[OH2+])c(C#N)c(F)c1OCC. The Balaban J connectivity index is 3.39. The predicted octanol–water partition coefficient (Wildman–Crippen LogP) is 1.72. The lowest BCUT2D eigenvalue weighted by Gasteiger charge is -2.13. The van der Waals surface area contributed by atoms with E-state index in [9.17, 15) is 4.39 Å². The van der Waals surface area contributed by atoms with Crippen LogP contribution in [0.4, 0.5) is 4.39 Å². The summed E-state index contributed by atoms with van der Waals surface area (Å²) >= 11 is 0. The first-order valence-electron chi connectivity index (χ1n) is 5.35. The first-order chi connectivity index (χ1) is 8.19. The number of halogens is 1. The topological polar surface area (TPSA) is 65.1 Å². The van der Waals surface area contributed by atoms with Gasteiger partial charge in [0.05, 0.1) is 18.8 Å². The maximum atomic E-state index is 14.0. The Hall–Kier alpha value is -1.80. The Bertz CT molecular complexity index is 440. The molecule has 2 N–H and O–H groups in total. The molecule has 92 valence electrons. The van der Waals surface area contributed by atoms with Gasteiger partial charge in [0.25, 0.3) is 0 Å². The Morgan fingerprint density at radius 2 is 2.00 bits per heavy atom. The molecule has 17 heavy (non-hydrogen) atoms. The van der Waals surface area contributed by atoms with Crippen LogP contribution in [-0.2, 0) is 6.61 Å². The van der Waals surface area contributed by atoms with Crippen LogP contribution < -0.4 is 9.47 Å². The number of nitrogens with zero attached hydrogens (tertiary/aromatic N) is 1. The molecule has 0 bridgehead atoms. The minimum Gasteiger partial charge on any atom is -0.490 e. The van der Waals surface area contributed by atoms with E-state index in [2.05, 4.69) is 0 Å². The molecule has 0 spiro atoms. The smallest absolute Gasteiger partial charge is 0.198 e. The van der Waals surface area contributed by atoms with E-state index in [0.717, 1.165) is 0 Å². The molecule has 0 aromatic heterocycles. The van der Waals surface area contributed by atoms with Gasteiger partial charge in [0.2, 0.25) is 0 Å². The third-order valence-electron chi connectivity index (χ3n) is 2.16. The van der Waals surface area contributed by atoms with Gasteiger partial charge in [-0.15, -0.1) is 0 Å². The van der Waals surface area contributed by atoms with E-state index < -0.39 is 5.82 Å². The molecular formula is C12H15FNO3+. The quantitative estimate of drug-likeness (QED) is 0.736. The maximum absolute atomic E-state index is 14.0. The molecule has 0 heterocycles. The maximum Gasteiger partial charge on any atom is 0.198 e. The summed E-state index contributed by atoms with van der Waals surface area (Å²) in [5, 5.41) is 16.1. The Morgan fingerprint density at radius 3 is 2.47 bits per heavy atom. The lowest BCUT2D eigenvalue weighted by Crippen LogP contribution is -2.05. The molecule has 0 saturated carbocycles. The van der Waals surface area contributed by atoms with Crippen molar-refractivity contribution in [3.8, 4) is 17.6 Å². The van der Waals surface area contributed by atoms with Crippen LogP contribution in [0.15, 0.2) is 6.07 Å². The van der Waals surface area contributed by atoms with E-state index in [-0.39, 0.29) is 30.3 Å². The third kappa shape index (κ3) is 2.66. The monoisotopic (exact) mass is 240 g/mol. The van der Waals surface area contributed by atoms with Crippen molar-refractivity contribution in [1.29, 1.82) is 5.26 Å². The second-order valence-corrected chi connectivity index (χ2v) is 3.21. The summed E-state index contributed by atoms with van der Waals surface area (Å²) in [6.45, 7) is 3.96. The predicted molar refractivity (Wildman–Crippen MR) is 60.8 cm³/mol. The number of hydrogen-bond acceptors (Lipinski definition) is 3. The molecular weight excluding hydrogens is 225 g/mol. The van der Waals surface area contributed by atoms with Gasteiger partial charge >= 0.3 is 0 Å². The normalized spacial score (nSPS) is 9.82. The van der Waals surface area contributed by atoms with Crippen LogP contribution in [0.25, 0.3) is 0 Å². The Morgan fingerprint density at radius 1 is 1.35 bits per heavy atom. The van der Waals surface area contributed by atoms with Gasteiger partial charge in [-0.05, 0) is 19.9 Å². The van der Waals surface area contributed by atoms with E-state index in [1.807, 2.05) is 0 Å². The average molecular weight is 240 g/mol. The number of nitriles is 1. The van der Waals surface area contributed by atoms with Gasteiger partial charge < -0.3 is 14.6 Å². The van der Waals surface area contributed by atoms with Gasteiger partial charge in [0, 0.05) is 0 Å². The molecule has 5 heteroatoms. The first-order valence-corrected chi connectivity index (χ1v) is 5.35. The zero-order valence-electron chi connectivity index (χ0n) is 9.84. The molecule has 0 fully saturated rings. The Labute approximate surface area is 99.2 Å². The van der Waals surface area contributed by atoms with Gasteiger partial charge in [-0.25, -0.2) is 4.39 Å². The van der Waals surface area contributed by atoms with E-state index >= 15 is 0 Å². The fourth-order valence-electron chi connectivity index (χ4n) is 1.46. The second-order valence-electron chi connectivity index (χ2n) is 3.21. The summed E-state index contributed by atoms with van der Waals surface area (Å²) in [5.74, 6) is -0.557. The molecule has 1 rings (SSSR count). The summed E-state index contributed by atoms with van der Waals surface area (Å²) < 4.78 is 24.4. The average Bonchev–Trinajstić information content (AvgIpc) is 2.33. The number of ether oxygens (including phenoxy) is 2. The lowest BCUT2D eigenvalue weighted by molar-refractivity contribution is 0.265. The van der Waals surface area contributed by atoms with Crippen molar-refractivity contribution in [2.45, 2.75) is 20.5 Å². The van der Waals surface area contributed by atoms with Crippen molar-refractivity contribution < 1.29 is 19.0 Å². The summed E-state index contributed by atoms with van der Waals surface area (Å²) in [4.78, 5) is 0. The van der Waals surface area contributed by atoms with E-state index in [4.69, 9.17) is 19.8 Å². The molecule has 0 aliphatic rings. The van der Waals surface area contributed by atoms with Gasteiger partial charge in [0.1, 0.15) is 11.6 Å². The van der Waals surface area contributed by atoms with Crippen LogP contribution in [0.5, 0.6) is 11.5 Å². The molecule has 0 amide bonds. The van der Waals surface area contributed by atoms with Crippen molar-refractivity contribution in [1.82, 2.24) is 0 Å². The van der Waals surface area contributed by atoms with Crippen molar-refractivity contribution in [3.63, 3.8) is 0 Å². The molecule has 1 aromatic rings. The summed E-state index contributed by atoms with van der Waals surface area (Å²) in [6.07, 6.45) is 0. The second kappa shape index (κ2) is 6.06.